The lowest BCUT2D eigenvalue weighted by Gasteiger charge is -2.13. The van der Waals surface area contributed by atoms with Gasteiger partial charge in [-0.25, -0.2) is 5.43 Å². The number of benzene rings is 2. The first-order chi connectivity index (χ1) is 14.5. The van der Waals surface area contributed by atoms with E-state index in [0.29, 0.717) is 59.0 Å². The standard InChI is InChI=1S/C22H27ClN2O5/c1-5-10-30-18-9-8-16(13-19(18)27-4)22(26)25-24-14-15-11-17(23)21(29-7-3)20(12-15)28-6-2/h8-9,11-14H,5-7,10H2,1-4H3,(H,25,26)/b24-14+. The summed E-state index contributed by atoms with van der Waals surface area (Å²) in [5, 5.41) is 4.42. The number of nitrogens with zero attached hydrogens (tertiary/aromatic N) is 1. The van der Waals surface area contributed by atoms with Crippen LogP contribution >= 0.6 is 11.6 Å². The van der Waals surface area contributed by atoms with Crippen molar-refractivity contribution in [1.82, 2.24) is 5.43 Å². The largest absolute Gasteiger partial charge is 0.493 e. The molecule has 1 N–H and O–H groups in total. The number of rotatable bonds is 11. The van der Waals surface area contributed by atoms with E-state index in [9.17, 15) is 4.79 Å². The molecule has 7 nitrogen and oxygen atoms in total. The van der Waals surface area contributed by atoms with E-state index >= 15 is 0 Å². The molecule has 2 rings (SSSR count). The normalized spacial score (nSPS) is 10.7. The molecule has 30 heavy (non-hydrogen) atoms. The molecule has 2 aromatic rings. The Morgan fingerprint density at radius 1 is 1.03 bits per heavy atom. The molecule has 0 radical (unpaired) electrons. The topological polar surface area (TPSA) is 78.4 Å². The highest BCUT2D eigenvalue weighted by Gasteiger charge is 2.13. The van der Waals surface area contributed by atoms with Crippen molar-refractivity contribution >= 4 is 23.7 Å². The Bertz CT molecular complexity index is 886. The summed E-state index contributed by atoms with van der Waals surface area (Å²) in [5.41, 5.74) is 3.55. The van der Waals surface area contributed by atoms with Gasteiger partial charge in [0.25, 0.3) is 5.91 Å². The average molecular weight is 435 g/mol. The van der Waals surface area contributed by atoms with Gasteiger partial charge in [0, 0.05) is 5.56 Å². The van der Waals surface area contributed by atoms with Crippen LogP contribution in [0.1, 0.15) is 43.1 Å². The van der Waals surface area contributed by atoms with Crippen LogP contribution in [0.4, 0.5) is 0 Å². The van der Waals surface area contributed by atoms with Crippen LogP contribution in [0.5, 0.6) is 23.0 Å². The molecule has 0 aliphatic carbocycles. The van der Waals surface area contributed by atoms with Gasteiger partial charge in [0.2, 0.25) is 0 Å². The zero-order valence-corrected chi connectivity index (χ0v) is 18.4. The van der Waals surface area contributed by atoms with E-state index in [1.165, 1.54) is 13.3 Å². The Hall–Kier alpha value is -2.93. The zero-order valence-electron chi connectivity index (χ0n) is 17.7. The lowest BCUT2D eigenvalue weighted by atomic mass is 10.2. The number of carbonyl (C=O) groups excluding carboxylic acids is 1. The minimum atomic E-state index is -0.381. The van der Waals surface area contributed by atoms with Crippen LogP contribution in [0.2, 0.25) is 5.02 Å². The number of carbonyl (C=O) groups is 1. The third-order valence-corrected chi connectivity index (χ3v) is 4.17. The number of nitrogens with one attached hydrogen (secondary N) is 1. The summed E-state index contributed by atoms with van der Waals surface area (Å²) in [6.45, 7) is 7.26. The Morgan fingerprint density at radius 2 is 1.80 bits per heavy atom. The van der Waals surface area contributed by atoms with E-state index in [1.54, 1.807) is 30.3 Å². The van der Waals surface area contributed by atoms with Gasteiger partial charge in [-0.1, -0.05) is 18.5 Å². The Labute approximate surface area is 181 Å². The van der Waals surface area contributed by atoms with Crippen molar-refractivity contribution in [3.05, 3.63) is 46.5 Å². The minimum absolute atomic E-state index is 0.381. The minimum Gasteiger partial charge on any atom is -0.493 e. The number of halogens is 1. The summed E-state index contributed by atoms with van der Waals surface area (Å²) in [5.74, 6) is 1.70. The van der Waals surface area contributed by atoms with Crippen molar-refractivity contribution in [1.29, 1.82) is 0 Å². The van der Waals surface area contributed by atoms with Crippen LogP contribution < -0.4 is 24.4 Å². The highest BCUT2D eigenvalue weighted by atomic mass is 35.5. The van der Waals surface area contributed by atoms with Crippen molar-refractivity contribution < 1.29 is 23.7 Å². The summed E-state index contributed by atoms with van der Waals surface area (Å²) in [6.07, 6.45) is 2.36. The van der Waals surface area contributed by atoms with Crippen LogP contribution in [0.25, 0.3) is 0 Å². The second-order valence-electron chi connectivity index (χ2n) is 6.11. The van der Waals surface area contributed by atoms with Gasteiger partial charge in [-0.15, -0.1) is 0 Å². The fourth-order valence-corrected chi connectivity index (χ4v) is 2.85. The Kier molecular flexibility index (Phi) is 9.28. The molecular formula is C22H27ClN2O5. The molecule has 0 atom stereocenters. The van der Waals surface area contributed by atoms with Crippen molar-refractivity contribution in [2.24, 2.45) is 5.10 Å². The molecule has 8 heteroatoms. The van der Waals surface area contributed by atoms with E-state index in [4.69, 9.17) is 30.5 Å². The molecular weight excluding hydrogens is 408 g/mol. The van der Waals surface area contributed by atoms with E-state index in [1.807, 2.05) is 20.8 Å². The second kappa shape index (κ2) is 11.9. The van der Waals surface area contributed by atoms with Gasteiger partial charge in [0.05, 0.1) is 38.2 Å². The van der Waals surface area contributed by atoms with Gasteiger partial charge < -0.3 is 18.9 Å². The summed E-state index contributed by atoms with van der Waals surface area (Å²) in [4.78, 5) is 12.4. The SMILES string of the molecule is CCCOc1ccc(C(=O)N/N=C/c2cc(Cl)c(OCC)c(OCC)c2)cc1OC. The first-order valence-corrected chi connectivity index (χ1v) is 10.1. The van der Waals surface area contributed by atoms with Gasteiger partial charge in [0.1, 0.15) is 0 Å². The maximum absolute atomic E-state index is 12.4. The average Bonchev–Trinajstić information content (AvgIpc) is 2.74. The number of hydrazone groups is 1. The van der Waals surface area contributed by atoms with Gasteiger partial charge in [-0.2, -0.15) is 5.10 Å². The van der Waals surface area contributed by atoms with Crippen LogP contribution in [0.15, 0.2) is 35.4 Å². The predicted molar refractivity (Wildman–Crippen MR) is 118 cm³/mol. The van der Waals surface area contributed by atoms with Gasteiger partial charge >= 0.3 is 0 Å². The lowest BCUT2D eigenvalue weighted by molar-refractivity contribution is 0.0954. The first-order valence-electron chi connectivity index (χ1n) is 9.77. The van der Waals surface area contributed by atoms with Crippen molar-refractivity contribution in [3.8, 4) is 23.0 Å². The smallest absolute Gasteiger partial charge is 0.271 e. The third-order valence-electron chi connectivity index (χ3n) is 3.89. The van der Waals surface area contributed by atoms with E-state index in [-0.39, 0.29) is 5.91 Å². The number of methoxy groups -OCH3 is 1. The quantitative estimate of drug-likeness (QED) is 0.409. The summed E-state index contributed by atoms with van der Waals surface area (Å²) >= 11 is 6.29. The molecule has 0 unspecified atom stereocenters. The van der Waals surface area contributed by atoms with Crippen LogP contribution in [-0.2, 0) is 0 Å². The van der Waals surface area contributed by atoms with Crippen LogP contribution in [0, 0.1) is 0 Å². The highest BCUT2D eigenvalue weighted by Crippen LogP contribution is 2.36. The molecule has 0 heterocycles. The number of amides is 1. The number of hydrogen-bond acceptors (Lipinski definition) is 6. The Morgan fingerprint density at radius 3 is 2.47 bits per heavy atom. The first kappa shape index (κ1) is 23.3. The van der Waals surface area contributed by atoms with E-state index in [0.717, 1.165) is 6.42 Å². The van der Waals surface area contributed by atoms with Crippen LogP contribution in [-0.4, -0.2) is 39.1 Å². The second-order valence-corrected chi connectivity index (χ2v) is 6.52. The zero-order chi connectivity index (χ0) is 21.9. The molecule has 0 aromatic heterocycles. The van der Waals surface area contributed by atoms with Crippen molar-refractivity contribution in [2.45, 2.75) is 27.2 Å². The molecule has 1 amide bonds. The molecule has 0 fully saturated rings. The molecule has 162 valence electrons. The fourth-order valence-electron chi connectivity index (χ4n) is 2.58. The van der Waals surface area contributed by atoms with Crippen molar-refractivity contribution in [2.75, 3.05) is 26.9 Å². The fraction of sp³-hybridized carbons (Fsp3) is 0.364. The summed E-state index contributed by atoms with van der Waals surface area (Å²) in [7, 11) is 1.53. The molecule has 0 spiro atoms. The maximum atomic E-state index is 12.4. The van der Waals surface area contributed by atoms with Gasteiger partial charge in [-0.3, -0.25) is 4.79 Å². The van der Waals surface area contributed by atoms with Crippen LogP contribution in [0.3, 0.4) is 0 Å². The monoisotopic (exact) mass is 434 g/mol. The molecule has 0 aliphatic rings. The Balaban J connectivity index is 2.12. The highest BCUT2D eigenvalue weighted by molar-refractivity contribution is 6.32. The van der Waals surface area contributed by atoms with Gasteiger partial charge in [-0.05, 0) is 56.2 Å². The number of ether oxygens (including phenoxy) is 4. The lowest BCUT2D eigenvalue weighted by Crippen LogP contribution is -2.17. The molecule has 0 aliphatic heterocycles. The third kappa shape index (κ3) is 6.29. The van der Waals surface area contributed by atoms with Crippen molar-refractivity contribution in [3.63, 3.8) is 0 Å². The summed E-state index contributed by atoms with van der Waals surface area (Å²) < 4.78 is 22.0. The van der Waals surface area contributed by atoms with Gasteiger partial charge in [0.15, 0.2) is 23.0 Å². The van der Waals surface area contributed by atoms with E-state index < -0.39 is 0 Å². The van der Waals surface area contributed by atoms with E-state index in [2.05, 4.69) is 10.5 Å². The maximum Gasteiger partial charge on any atom is 0.271 e. The molecule has 0 saturated carbocycles. The molecule has 0 bridgehead atoms. The summed E-state index contributed by atoms with van der Waals surface area (Å²) in [6, 6.07) is 8.40. The molecule has 2 aromatic carbocycles. The molecule has 0 saturated heterocycles. The predicted octanol–water partition coefficient (Wildman–Crippen LogP) is 4.70. The number of hydrogen-bond donors (Lipinski definition) is 1.